The largest absolute Gasteiger partial charge is 0.354 e. The van der Waals surface area contributed by atoms with Crippen LogP contribution >= 0.6 is 0 Å². The molecule has 0 bridgehead atoms. The van der Waals surface area contributed by atoms with E-state index >= 15 is 0 Å². The molecule has 16 heavy (non-hydrogen) atoms. The summed E-state index contributed by atoms with van der Waals surface area (Å²) < 4.78 is 0. The van der Waals surface area contributed by atoms with E-state index in [9.17, 15) is 4.79 Å². The van der Waals surface area contributed by atoms with E-state index in [2.05, 4.69) is 37.9 Å². The lowest BCUT2D eigenvalue weighted by molar-refractivity contribution is -0.126. The number of nitrogens with two attached hydrogens (primary N) is 1. The van der Waals surface area contributed by atoms with Crippen molar-refractivity contribution in [2.24, 2.45) is 11.7 Å². The fraction of sp³-hybridized carbons (Fsp3) is 0.917. The first-order valence-corrected chi connectivity index (χ1v) is 6.13. The third-order valence-corrected chi connectivity index (χ3v) is 2.61. The zero-order chi connectivity index (χ0) is 12.7. The maximum Gasteiger partial charge on any atom is 0.237 e. The summed E-state index contributed by atoms with van der Waals surface area (Å²) >= 11 is 0. The molecule has 0 aromatic carbocycles. The molecule has 0 rings (SSSR count). The molecule has 0 aliphatic heterocycles. The van der Waals surface area contributed by atoms with Gasteiger partial charge in [0.25, 0.3) is 0 Å². The van der Waals surface area contributed by atoms with Gasteiger partial charge in [-0.05, 0) is 26.7 Å². The molecule has 0 aromatic rings. The van der Waals surface area contributed by atoms with Crippen molar-refractivity contribution in [3.63, 3.8) is 0 Å². The predicted octanol–water partition coefficient (Wildman–Crippen LogP) is 0.816. The first-order chi connectivity index (χ1) is 7.40. The molecule has 0 saturated heterocycles. The first-order valence-electron chi connectivity index (χ1n) is 6.13. The highest BCUT2D eigenvalue weighted by atomic mass is 16.2. The molecule has 0 aliphatic rings. The molecule has 0 radical (unpaired) electrons. The van der Waals surface area contributed by atoms with Gasteiger partial charge >= 0.3 is 0 Å². The molecule has 0 heterocycles. The number of nitrogens with zero attached hydrogens (tertiary/aromatic N) is 1. The summed E-state index contributed by atoms with van der Waals surface area (Å²) in [5.74, 6) is 0.578. The van der Waals surface area contributed by atoms with E-state index in [1.54, 1.807) is 0 Å². The molecule has 0 fully saturated rings. The minimum absolute atomic E-state index is 0.0934. The van der Waals surface area contributed by atoms with Gasteiger partial charge in [-0.3, -0.25) is 9.69 Å². The van der Waals surface area contributed by atoms with E-state index < -0.39 is 0 Å². The quantitative estimate of drug-likeness (QED) is 0.679. The Balaban J connectivity index is 4.25. The van der Waals surface area contributed by atoms with Crippen molar-refractivity contribution in [1.29, 1.82) is 0 Å². The molecule has 1 atom stereocenters. The lowest BCUT2D eigenvalue weighted by Crippen LogP contribution is -2.50. The average molecular weight is 229 g/mol. The molecule has 0 spiro atoms. The van der Waals surface area contributed by atoms with Crippen LogP contribution in [0.25, 0.3) is 0 Å². The zero-order valence-corrected chi connectivity index (χ0v) is 11.3. The predicted molar refractivity (Wildman–Crippen MR) is 68.2 cm³/mol. The minimum Gasteiger partial charge on any atom is -0.354 e. The Morgan fingerprint density at radius 2 is 1.81 bits per heavy atom. The van der Waals surface area contributed by atoms with Crippen molar-refractivity contribution in [1.82, 2.24) is 10.2 Å². The van der Waals surface area contributed by atoms with Crippen LogP contribution in [0.4, 0.5) is 0 Å². The summed E-state index contributed by atoms with van der Waals surface area (Å²) in [7, 11) is 0. The van der Waals surface area contributed by atoms with Gasteiger partial charge in [0.1, 0.15) is 0 Å². The Labute approximate surface area is 99.6 Å². The van der Waals surface area contributed by atoms with Gasteiger partial charge in [0.15, 0.2) is 0 Å². The van der Waals surface area contributed by atoms with Gasteiger partial charge in [-0.25, -0.2) is 0 Å². The fourth-order valence-electron chi connectivity index (χ4n) is 1.65. The number of nitrogens with one attached hydrogen (secondary N) is 1. The van der Waals surface area contributed by atoms with E-state index in [4.69, 9.17) is 5.73 Å². The molecular weight excluding hydrogens is 202 g/mol. The van der Waals surface area contributed by atoms with Gasteiger partial charge in [0.05, 0.1) is 6.04 Å². The first kappa shape index (κ1) is 15.4. The molecule has 0 aromatic heterocycles. The van der Waals surface area contributed by atoms with Crippen molar-refractivity contribution in [3.05, 3.63) is 0 Å². The van der Waals surface area contributed by atoms with Crippen LogP contribution in [0, 0.1) is 5.92 Å². The van der Waals surface area contributed by atoms with Crippen LogP contribution in [0.3, 0.4) is 0 Å². The summed E-state index contributed by atoms with van der Waals surface area (Å²) in [6.07, 6.45) is 0. The molecule has 4 heteroatoms. The normalized spacial score (nSPS) is 13.6. The highest BCUT2D eigenvalue weighted by Crippen LogP contribution is 2.05. The van der Waals surface area contributed by atoms with Crippen LogP contribution in [-0.4, -0.2) is 42.5 Å². The molecule has 1 amide bonds. The van der Waals surface area contributed by atoms with E-state index in [0.717, 1.165) is 13.1 Å². The number of amides is 1. The van der Waals surface area contributed by atoms with Gasteiger partial charge in [-0.15, -0.1) is 0 Å². The lowest BCUT2D eigenvalue weighted by atomic mass is 10.2. The number of carbonyl (C=O) groups excluding carboxylic acids is 1. The van der Waals surface area contributed by atoms with Gasteiger partial charge in [0.2, 0.25) is 5.91 Å². The Hall–Kier alpha value is -0.610. The molecule has 0 aliphatic carbocycles. The van der Waals surface area contributed by atoms with Gasteiger partial charge in [-0.1, -0.05) is 13.8 Å². The second-order valence-electron chi connectivity index (χ2n) is 4.94. The van der Waals surface area contributed by atoms with E-state index in [1.807, 2.05) is 6.92 Å². The fourth-order valence-corrected chi connectivity index (χ4v) is 1.65. The smallest absolute Gasteiger partial charge is 0.237 e. The summed E-state index contributed by atoms with van der Waals surface area (Å²) in [5.41, 5.74) is 5.55. The van der Waals surface area contributed by atoms with Crippen LogP contribution in [-0.2, 0) is 4.79 Å². The van der Waals surface area contributed by atoms with Crippen molar-refractivity contribution in [3.8, 4) is 0 Å². The molecule has 1 unspecified atom stereocenters. The summed E-state index contributed by atoms with van der Waals surface area (Å²) in [4.78, 5) is 14.0. The second kappa shape index (κ2) is 7.63. The Bertz CT molecular complexity index is 204. The Kier molecular flexibility index (Phi) is 7.34. The topological polar surface area (TPSA) is 58.4 Å². The van der Waals surface area contributed by atoms with Crippen LogP contribution in [0.1, 0.15) is 34.6 Å². The molecule has 0 saturated carbocycles. The van der Waals surface area contributed by atoms with Crippen molar-refractivity contribution >= 4 is 5.91 Å². The van der Waals surface area contributed by atoms with Gasteiger partial charge in [0, 0.05) is 25.7 Å². The Morgan fingerprint density at radius 1 is 1.25 bits per heavy atom. The number of hydrogen-bond donors (Lipinski definition) is 2. The standard InChI is InChI=1S/C12H27N3O/c1-9(2)8-14-12(16)11(5)15(7-6-13)10(3)4/h9-11H,6-8,13H2,1-5H3,(H,14,16). The second-order valence-corrected chi connectivity index (χ2v) is 4.94. The van der Waals surface area contributed by atoms with Crippen molar-refractivity contribution in [2.75, 3.05) is 19.6 Å². The third-order valence-electron chi connectivity index (χ3n) is 2.61. The maximum atomic E-state index is 11.9. The van der Waals surface area contributed by atoms with E-state index in [0.29, 0.717) is 18.5 Å². The SMILES string of the molecule is CC(C)CNC(=O)C(C)N(CCN)C(C)C. The number of carbonyl (C=O) groups is 1. The molecule has 3 N–H and O–H groups in total. The minimum atomic E-state index is -0.109. The molecule has 96 valence electrons. The van der Waals surface area contributed by atoms with Crippen LogP contribution in [0.15, 0.2) is 0 Å². The summed E-state index contributed by atoms with van der Waals surface area (Å²) in [5, 5.41) is 2.95. The molecule has 4 nitrogen and oxygen atoms in total. The van der Waals surface area contributed by atoms with Gasteiger partial charge in [-0.2, -0.15) is 0 Å². The summed E-state index contributed by atoms with van der Waals surface area (Å²) in [6, 6.07) is 0.227. The van der Waals surface area contributed by atoms with Crippen LogP contribution in [0.5, 0.6) is 0 Å². The monoisotopic (exact) mass is 229 g/mol. The number of rotatable bonds is 7. The highest BCUT2D eigenvalue weighted by molar-refractivity contribution is 5.81. The molecular formula is C12H27N3O. The third kappa shape index (κ3) is 5.47. The number of hydrogen-bond acceptors (Lipinski definition) is 3. The highest BCUT2D eigenvalue weighted by Gasteiger charge is 2.22. The van der Waals surface area contributed by atoms with Crippen LogP contribution in [0.2, 0.25) is 0 Å². The van der Waals surface area contributed by atoms with E-state index in [-0.39, 0.29) is 11.9 Å². The van der Waals surface area contributed by atoms with Gasteiger partial charge < -0.3 is 11.1 Å². The maximum absolute atomic E-state index is 11.9. The van der Waals surface area contributed by atoms with E-state index in [1.165, 1.54) is 0 Å². The van der Waals surface area contributed by atoms with Crippen molar-refractivity contribution < 1.29 is 4.79 Å². The summed E-state index contributed by atoms with van der Waals surface area (Å²) in [6.45, 7) is 12.4. The average Bonchev–Trinajstić information content (AvgIpc) is 2.20. The van der Waals surface area contributed by atoms with Crippen molar-refractivity contribution in [2.45, 2.75) is 46.7 Å². The Morgan fingerprint density at radius 3 is 2.19 bits per heavy atom. The van der Waals surface area contributed by atoms with Crippen LogP contribution < -0.4 is 11.1 Å². The lowest BCUT2D eigenvalue weighted by Gasteiger charge is -2.31. The zero-order valence-electron chi connectivity index (χ0n) is 11.3.